The number of anilines is 1. The van der Waals surface area contributed by atoms with Gasteiger partial charge in [0.05, 0.1) is 6.61 Å². The molecule has 1 aliphatic heterocycles. The first-order chi connectivity index (χ1) is 10.4. The number of piperidine rings is 1. The Morgan fingerprint density at radius 3 is 2.74 bits per heavy atom. The maximum absolute atomic E-state index is 6.21. The largest absolute Gasteiger partial charge is 0.383 e. The first kappa shape index (κ1) is 20.2. The van der Waals surface area contributed by atoms with E-state index in [1.54, 1.807) is 7.11 Å². The quantitative estimate of drug-likeness (QED) is 0.858. The third-order valence-electron chi connectivity index (χ3n) is 4.63. The Bertz CT molecular complexity index is 466. The summed E-state index contributed by atoms with van der Waals surface area (Å²) >= 11 is 0. The molecule has 0 bridgehead atoms. The van der Waals surface area contributed by atoms with E-state index < -0.39 is 0 Å². The fraction of sp³-hybridized carbons (Fsp3) is 0.706. The fourth-order valence-electron chi connectivity index (χ4n) is 2.96. The summed E-state index contributed by atoms with van der Waals surface area (Å²) in [5, 5.41) is 0. The summed E-state index contributed by atoms with van der Waals surface area (Å²) in [5.74, 6) is 0.988. The molecule has 1 unspecified atom stereocenters. The summed E-state index contributed by atoms with van der Waals surface area (Å²) in [6.45, 7) is 9.14. The van der Waals surface area contributed by atoms with Gasteiger partial charge < -0.3 is 15.4 Å². The summed E-state index contributed by atoms with van der Waals surface area (Å²) in [6.07, 6.45) is 3.05. The number of rotatable bonds is 6. The van der Waals surface area contributed by atoms with Crippen molar-refractivity contribution in [2.24, 2.45) is 11.1 Å². The van der Waals surface area contributed by atoms with Crippen LogP contribution in [-0.2, 0) is 11.3 Å². The highest BCUT2D eigenvalue weighted by Gasteiger charge is 2.33. The summed E-state index contributed by atoms with van der Waals surface area (Å²) in [4.78, 5) is 9.16. The van der Waals surface area contributed by atoms with E-state index in [9.17, 15) is 0 Å². The van der Waals surface area contributed by atoms with E-state index in [-0.39, 0.29) is 17.8 Å². The van der Waals surface area contributed by atoms with Gasteiger partial charge in [-0.2, -0.15) is 0 Å². The molecule has 0 amide bonds. The van der Waals surface area contributed by atoms with Crippen LogP contribution in [0.2, 0.25) is 0 Å². The first-order valence-corrected chi connectivity index (χ1v) is 8.05. The number of nitrogens with two attached hydrogens (primary N) is 1. The molecular formula is C17H31ClN4O. The van der Waals surface area contributed by atoms with E-state index in [2.05, 4.69) is 40.8 Å². The lowest BCUT2D eigenvalue weighted by Crippen LogP contribution is -2.52. The van der Waals surface area contributed by atoms with Crippen molar-refractivity contribution in [2.45, 2.75) is 32.9 Å². The number of likely N-dealkylation sites (tertiary alicyclic amines) is 1. The zero-order chi connectivity index (χ0) is 16.2. The third kappa shape index (κ3) is 5.60. The Morgan fingerprint density at radius 2 is 2.17 bits per heavy atom. The van der Waals surface area contributed by atoms with E-state index in [1.165, 1.54) is 5.56 Å². The average Bonchev–Trinajstić information content (AvgIpc) is 2.49. The molecule has 0 radical (unpaired) electrons. The predicted octanol–water partition coefficient (Wildman–Crippen LogP) is 2.15. The topological polar surface area (TPSA) is 54.6 Å². The highest BCUT2D eigenvalue weighted by Crippen LogP contribution is 2.28. The minimum absolute atomic E-state index is 0. The van der Waals surface area contributed by atoms with Gasteiger partial charge in [0.25, 0.3) is 0 Å². The van der Waals surface area contributed by atoms with Crippen molar-refractivity contribution < 1.29 is 4.74 Å². The number of ether oxygens (including phenoxy) is 1. The molecule has 0 aromatic carbocycles. The number of hydrogen-bond donors (Lipinski definition) is 1. The van der Waals surface area contributed by atoms with Crippen molar-refractivity contribution in [1.82, 2.24) is 9.88 Å². The van der Waals surface area contributed by atoms with Gasteiger partial charge in [0.15, 0.2) is 0 Å². The molecule has 0 spiro atoms. The van der Waals surface area contributed by atoms with Crippen LogP contribution in [0.25, 0.3) is 0 Å². The number of likely N-dealkylation sites (N-methyl/N-ethyl adjacent to an activating group) is 1. The first-order valence-electron chi connectivity index (χ1n) is 8.05. The van der Waals surface area contributed by atoms with Crippen LogP contribution in [0.3, 0.4) is 0 Å². The van der Waals surface area contributed by atoms with Gasteiger partial charge in [-0.1, -0.05) is 19.9 Å². The summed E-state index contributed by atoms with van der Waals surface area (Å²) in [7, 11) is 3.76. The van der Waals surface area contributed by atoms with Gasteiger partial charge in [-0.3, -0.25) is 4.90 Å². The fourth-order valence-corrected chi connectivity index (χ4v) is 2.96. The SMILES string of the molecule is COCCN(C)c1ccc(CN2CCC(N)C(C)(C)C2)cn1.Cl. The minimum atomic E-state index is 0. The van der Waals surface area contributed by atoms with Crippen LogP contribution in [0.15, 0.2) is 18.3 Å². The number of pyridine rings is 1. The van der Waals surface area contributed by atoms with Crippen LogP contribution in [0.5, 0.6) is 0 Å². The summed E-state index contributed by atoms with van der Waals surface area (Å²) < 4.78 is 5.10. The van der Waals surface area contributed by atoms with Gasteiger partial charge in [-0.25, -0.2) is 4.98 Å². The summed E-state index contributed by atoms with van der Waals surface area (Å²) in [5.41, 5.74) is 7.65. The Hall–Kier alpha value is -0.880. The minimum Gasteiger partial charge on any atom is -0.383 e. The maximum atomic E-state index is 6.21. The summed E-state index contributed by atoms with van der Waals surface area (Å²) in [6, 6.07) is 4.57. The Morgan fingerprint density at radius 1 is 1.43 bits per heavy atom. The molecule has 23 heavy (non-hydrogen) atoms. The molecule has 2 N–H and O–H groups in total. The van der Waals surface area contributed by atoms with Crippen LogP contribution in [0, 0.1) is 5.41 Å². The van der Waals surface area contributed by atoms with Gasteiger partial charge in [-0.15, -0.1) is 12.4 Å². The molecule has 1 aliphatic rings. The highest BCUT2D eigenvalue weighted by atomic mass is 35.5. The van der Waals surface area contributed by atoms with E-state index >= 15 is 0 Å². The second kappa shape index (κ2) is 8.83. The molecule has 1 saturated heterocycles. The molecule has 2 rings (SSSR count). The molecule has 0 saturated carbocycles. The molecule has 1 aromatic rings. The number of halogens is 1. The molecule has 2 heterocycles. The average molecular weight is 343 g/mol. The van der Waals surface area contributed by atoms with Crippen LogP contribution in [0.1, 0.15) is 25.8 Å². The lowest BCUT2D eigenvalue weighted by atomic mass is 9.79. The predicted molar refractivity (Wildman–Crippen MR) is 98.3 cm³/mol. The van der Waals surface area contributed by atoms with Crippen LogP contribution in [-0.4, -0.2) is 56.3 Å². The van der Waals surface area contributed by atoms with E-state index in [1.807, 2.05) is 13.2 Å². The van der Waals surface area contributed by atoms with Gasteiger partial charge in [-0.05, 0) is 23.5 Å². The van der Waals surface area contributed by atoms with Crippen molar-refractivity contribution in [3.63, 3.8) is 0 Å². The number of methoxy groups -OCH3 is 1. The lowest BCUT2D eigenvalue weighted by Gasteiger charge is -2.42. The third-order valence-corrected chi connectivity index (χ3v) is 4.63. The Balaban J connectivity index is 0.00000264. The standard InChI is InChI=1S/C17H30N4O.ClH/c1-17(2)13-21(8-7-15(17)18)12-14-5-6-16(19-11-14)20(3)9-10-22-4;/h5-6,11,15H,7-10,12-13,18H2,1-4H3;1H. The van der Waals surface area contributed by atoms with Crippen molar-refractivity contribution in [1.29, 1.82) is 0 Å². The Kier molecular flexibility index (Phi) is 7.74. The maximum Gasteiger partial charge on any atom is 0.128 e. The van der Waals surface area contributed by atoms with Crippen LogP contribution in [0.4, 0.5) is 5.82 Å². The number of aromatic nitrogens is 1. The molecule has 5 nitrogen and oxygen atoms in total. The normalized spacial score (nSPS) is 20.8. The molecular weight excluding hydrogens is 312 g/mol. The number of nitrogens with zero attached hydrogens (tertiary/aromatic N) is 3. The van der Waals surface area contributed by atoms with Gasteiger partial charge >= 0.3 is 0 Å². The molecule has 0 aliphatic carbocycles. The second-order valence-electron chi connectivity index (χ2n) is 7.03. The van der Waals surface area contributed by atoms with Crippen molar-refractivity contribution in [2.75, 3.05) is 45.3 Å². The monoisotopic (exact) mass is 342 g/mol. The van der Waals surface area contributed by atoms with Crippen LogP contribution >= 0.6 is 12.4 Å². The molecule has 1 aromatic heterocycles. The van der Waals surface area contributed by atoms with Crippen molar-refractivity contribution in [3.8, 4) is 0 Å². The molecule has 1 fully saturated rings. The molecule has 132 valence electrons. The van der Waals surface area contributed by atoms with E-state index in [4.69, 9.17) is 10.5 Å². The van der Waals surface area contributed by atoms with Crippen molar-refractivity contribution >= 4 is 18.2 Å². The Labute approximate surface area is 146 Å². The van der Waals surface area contributed by atoms with E-state index in [0.717, 1.165) is 38.4 Å². The van der Waals surface area contributed by atoms with Gasteiger partial charge in [0, 0.05) is 52.6 Å². The smallest absolute Gasteiger partial charge is 0.128 e. The van der Waals surface area contributed by atoms with Gasteiger partial charge in [0.2, 0.25) is 0 Å². The van der Waals surface area contributed by atoms with E-state index in [0.29, 0.717) is 12.6 Å². The van der Waals surface area contributed by atoms with Crippen molar-refractivity contribution in [3.05, 3.63) is 23.9 Å². The second-order valence-corrected chi connectivity index (χ2v) is 7.03. The highest BCUT2D eigenvalue weighted by molar-refractivity contribution is 5.85. The number of hydrogen-bond acceptors (Lipinski definition) is 5. The van der Waals surface area contributed by atoms with Crippen LogP contribution < -0.4 is 10.6 Å². The molecule has 6 heteroatoms. The zero-order valence-electron chi connectivity index (χ0n) is 14.8. The lowest BCUT2D eigenvalue weighted by molar-refractivity contribution is 0.0898. The van der Waals surface area contributed by atoms with Gasteiger partial charge in [0.1, 0.15) is 5.82 Å². The zero-order valence-corrected chi connectivity index (χ0v) is 15.6. The molecule has 1 atom stereocenters.